The summed E-state index contributed by atoms with van der Waals surface area (Å²) in [7, 11) is 0.0818. The van der Waals surface area contributed by atoms with Crippen LogP contribution in [0.4, 0.5) is 4.39 Å². The minimum absolute atomic E-state index is 0.00612. The Hall–Kier alpha value is -3.78. The maximum atomic E-state index is 15.3. The second kappa shape index (κ2) is 10.9. The zero-order valence-electron chi connectivity index (χ0n) is 20.4. The second-order valence-electron chi connectivity index (χ2n) is 8.41. The van der Waals surface area contributed by atoms with Gasteiger partial charge in [0, 0.05) is 29.0 Å². The number of halogens is 1. The average molecular weight is 507 g/mol. The SMILES string of the molecule is COc1cccc(-c2c(C)n(Cc3ccccc3S(C)=O)c(=O)n(CCc3ccccc3)c2=O)c1F. The van der Waals surface area contributed by atoms with E-state index in [0.29, 0.717) is 22.6 Å². The lowest BCUT2D eigenvalue weighted by atomic mass is 10.0. The summed E-state index contributed by atoms with van der Waals surface area (Å²) in [4.78, 5) is 27.9. The molecule has 0 amide bonds. The number of nitrogens with zero attached hydrogens (tertiary/aromatic N) is 2. The summed E-state index contributed by atoms with van der Waals surface area (Å²) in [5, 5.41) is 0. The molecule has 0 saturated heterocycles. The quantitative estimate of drug-likeness (QED) is 0.360. The fraction of sp³-hybridized carbons (Fsp3) is 0.214. The molecule has 0 radical (unpaired) electrons. The van der Waals surface area contributed by atoms with E-state index >= 15 is 4.39 Å². The van der Waals surface area contributed by atoms with Crippen molar-refractivity contribution in [1.82, 2.24) is 9.13 Å². The Balaban J connectivity index is 1.94. The zero-order valence-corrected chi connectivity index (χ0v) is 21.2. The lowest BCUT2D eigenvalue weighted by molar-refractivity contribution is 0.387. The highest BCUT2D eigenvalue weighted by atomic mass is 32.2. The van der Waals surface area contributed by atoms with Gasteiger partial charge >= 0.3 is 5.69 Å². The topological polar surface area (TPSA) is 70.3 Å². The largest absolute Gasteiger partial charge is 0.494 e. The molecule has 1 heterocycles. The summed E-state index contributed by atoms with van der Waals surface area (Å²) >= 11 is 0. The molecule has 1 atom stereocenters. The van der Waals surface area contributed by atoms with Crippen LogP contribution in [0, 0.1) is 12.7 Å². The number of aromatic nitrogens is 2. The number of hydrogen-bond acceptors (Lipinski definition) is 4. The van der Waals surface area contributed by atoms with E-state index in [1.807, 2.05) is 30.3 Å². The van der Waals surface area contributed by atoms with Crippen molar-refractivity contribution in [3.05, 3.63) is 116 Å². The molecule has 1 aromatic heterocycles. The molecule has 0 bridgehead atoms. The van der Waals surface area contributed by atoms with Crippen molar-refractivity contribution < 1.29 is 13.3 Å². The molecule has 4 aromatic rings. The molecular formula is C28H27FN2O4S. The third-order valence-electron chi connectivity index (χ3n) is 6.22. The van der Waals surface area contributed by atoms with Crippen molar-refractivity contribution in [1.29, 1.82) is 0 Å². The van der Waals surface area contributed by atoms with Gasteiger partial charge in [-0.05, 0) is 36.6 Å². The Morgan fingerprint density at radius 3 is 2.31 bits per heavy atom. The first-order chi connectivity index (χ1) is 17.3. The molecule has 6 nitrogen and oxygen atoms in total. The van der Waals surface area contributed by atoms with Crippen LogP contribution in [0.2, 0.25) is 0 Å². The van der Waals surface area contributed by atoms with Crippen LogP contribution in [0.1, 0.15) is 16.8 Å². The lowest BCUT2D eigenvalue weighted by Crippen LogP contribution is -2.42. The third kappa shape index (κ3) is 4.95. The fourth-order valence-corrected chi connectivity index (χ4v) is 5.10. The standard InChI is InChI=1S/C28H27FN2O4S/c1-19-25(22-13-9-14-23(35-2)26(22)29)27(32)30(17-16-20-10-5-4-6-11-20)28(33)31(19)18-21-12-7-8-15-24(21)36(3)34/h4-15H,16-18H2,1-3H3. The minimum Gasteiger partial charge on any atom is -0.494 e. The summed E-state index contributed by atoms with van der Waals surface area (Å²) in [5.41, 5.74) is 1.07. The molecular weight excluding hydrogens is 479 g/mol. The van der Waals surface area contributed by atoms with Crippen molar-refractivity contribution in [3.63, 3.8) is 0 Å². The van der Waals surface area contributed by atoms with Crippen LogP contribution in [-0.2, 0) is 30.3 Å². The van der Waals surface area contributed by atoms with Crippen LogP contribution in [0.25, 0.3) is 11.1 Å². The predicted octanol–water partition coefficient (Wildman–Crippen LogP) is 4.16. The Morgan fingerprint density at radius 1 is 0.917 bits per heavy atom. The molecule has 4 rings (SSSR count). The van der Waals surface area contributed by atoms with Gasteiger partial charge < -0.3 is 4.74 Å². The van der Waals surface area contributed by atoms with E-state index in [1.165, 1.54) is 23.8 Å². The summed E-state index contributed by atoms with van der Waals surface area (Å²) in [6, 6.07) is 21.3. The third-order valence-corrected chi connectivity index (χ3v) is 7.24. The monoisotopic (exact) mass is 506 g/mol. The van der Waals surface area contributed by atoms with E-state index < -0.39 is 27.9 Å². The van der Waals surface area contributed by atoms with Gasteiger partial charge in [-0.3, -0.25) is 18.1 Å². The van der Waals surface area contributed by atoms with Crippen molar-refractivity contribution in [2.45, 2.75) is 31.3 Å². The molecule has 0 fully saturated rings. The van der Waals surface area contributed by atoms with Crippen LogP contribution in [-0.4, -0.2) is 26.7 Å². The zero-order chi connectivity index (χ0) is 25.8. The van der Waals surface area contributed by atoms with Crippen molar-refractivity contribution in [3.8, 4) is 16.9 Å². The first kappa shape index (κ1) is 25.3. The lowest BCUT2D eigenvalue weighted by Gasteiger charge is -2.19. The van der Waals surface area contributed by atoms with Gasteiger partial charge in [-0.25, -0.2) is 9.18 Å². The van der Waals surface area contributed by atoms with Gasteiger partial charge in [0.15, 0.2) is 11.6 Å². The predicted molar refractivity (Wildman–Crippen MR) is 140 cm³/mol. The Labute approximate surface area is 211 Å². The summed E-state index contributed by atoms with van der Waals surface area (Å²) < 4.78 is 35.4. The maximum absolute atomic E-state index is 15.3. The smallest absolute Gasteiger partial charge is 0.331 e. The molecule has 0 N–H and O–H groups in total. The van der Waals surface area contributed by atoms with E-state index in [2.05, 4.69) is 0 Å². The van der Waals surface area contributed by atoms with Gasteiger partial charge in [-0.2, -0.15) is 0 Å². The van der Waals surface area contributed by atoms with Crippen molar-refractivity contribution in [2.75, 3.05) is 13.4 Å². The van der Waals surface area contributed by atoms with Gasteiger partial charge in [0.05, 0.1) is 30.0 Å². The molecule has 0 aliphatic heterocycles. The van der Waals surface area contributed by atoms with Gasteiger partial charge in [-0.15, -0.1) is 0 Å². The summed E-state index contributed by atoms with van der Waals surface area (Å²) in [6.07, 6.45) is 2.03. The highest BCUT2D eigenvalue weighted by Crippen LogP contribution is 2.29. The first-order valence-corrected chi connectivity index (χ1v) is 13.0. The fourth-order valence-electron chi connectivity index (χ4n) is 4.33. The molecule has 0 aliphatic rings. The number of ether oxygens (including phenoxy) is 1. The summed E-state index contributed by atoms with van der Waals surface area (Å²) in [6.45, 7) is 1.84. The normalized spacial score (nSPS) is 11.9. The number of hydrogen-bond donors (Lipinski definition) is 0. The number of methoxy groups -OCH3 is 1. The van der Waals surface area contributed by atoms with E-state index in [4.69, 9.17) is 4.74 Å². The maximum Gasteiger partial charge on any atom is 0.331 e. The summed E-state index contributed by atoms with van der Waals surface area (Å²) in [5.74, 6) is -0.665. The number of rotatable bonds is 8. The van der Waals surface area contributed by atoms with Crippen LogP contribution >= 0.6 is 0 Å². The van der Waals surface area contributed by atoms with Crippen LogP contribution in [0.15, 0.2) is 87.3 Å². The number of benzene rings is 3. The van der Waals surface area contributed by atoms with Crippen molar-refractivity contribution >= 4 is 10.8 Å². The molecule has 36 heavy (non-hydrogen) atoms. The highest BCUT2D eigenvalue weighted by Gasteiger charge is 2.22. The van der Waals surface area contributed by atoms with E-state index in [-0.39, 0.29) is 30.0 Å². The molecule has 0 spiro atoms. The molecule has 3 aromatic carbocycles. The first-order valence-electron chi connectivity index (χ1n) is 11.5. The molecule has 0 aliphatic carbocycles. The van der Waals surface area contributed by atoms with E-state index in [1.54, 1.807) is 43.5 Å². The Morgan fingerprint density at radius 2 is 1.61 bits per heavy atom. The minimum atomic E-state index is -1.28. The second-order valence-corrected chi connectivity index (χ2v) is 9.75. The van der Waals surface area contributed by atoms with Crippen LogP contribution < -0.4 is 16.0 Å². The van der Waals surface area contributed by atoms with E-state index in [0.717, 1.165) is 10.1 Å². The van der Waals surface area contributed by atoms with Crippen LogP contribution in [0.5, 0.6) is 5.75 Å². The Bertz CT molecular complexity index is 1540. The highest BCUT2D eigenvalue weighted by molar-refractivity contribution is 7.84. The average Bonchev–Trinajstić information content (AvgIpc) is 2.88. The van der Waals surface area contributed by atoms with Crippen LogP contribution in [0.3, 0.4) is 0 Å². The molecule has 186 valence electrons. The Kier molecular flexibility index (Phi) is 7.64. The van der Waals surface area contributed by atoms with Gasteiger partial charge in [0.1, 0.15) is 0 Å². The molecule has 0 saturated carbocycles. The van der Waals surface area contributed by atoms with Crippen molar-refractivity contribution in [2.24, 2.45) is 0 Å². The molecule has 8 heteroatoms. The number of aryl methyl sites for hydroxylation is 1. The van der Waals surface area contributed by atoms with Gasteiger partial charge in [0.2, 0.25) is 0 Å². The van der Waals surface area contributed by atoms with Gasteiger partial charge in [0.25, 0.3) is 5.56 Å². The van der Waals surface area contributed by atoms with Gasteiger partial charge in [-0.1, -0.05) is 60.7 Å². The molecule has 1 unspecified atom stereocenters. The van der Waals surface area contributed by atoms with E-state index in [9.17, 15) is 13.8 Å².